The first-order valence-electron chi connectivity index (χ1n) is 6.11. The lowest BCUT2D eigenvalue weighted by molar-refractivity contribution is -0.127. The van der Waals surface area contributed by atoms with Gasteiger partial charge in [0.2, 0.25) is 17.6 Å². The van der Waals surface area contributed by atoms with Crippen molar-refractivity contribution in [2.45, 2.75) is 18.9 Å². The number of amides is 1. The first kappa shape index (κ1) is 12.7. The first-order chi connectivity index (χ1) is 9.56. The van der Waals surface area contributed by atoms with Gasteiger partial charge < -0.3 is 9.42 Å². The predicted octanol–water partition coefficient (Wildman–Crippen LogP) is 2.31. The van der Waals surface area contributed by atoms with Gasteiger partial charge in [-0.25, -0.2) is 8.78 Å². The molecule has 5 nitrogen and oxygen atoms in total. The van der Waals surface area contributed by atoms with Crippen LogP contribution in [0.1, 0.15) is 24.8 Å². The van der Waals surface area contributed by atoms with Gasteiger partial charge in [0.15, 0.2) is 0 Å². The van der Waals surface area contributed by atoms with E-state index in [9.17, 15) is 13.6 Å². The van der Waals surface area contributed by atoms with Gasteiger partial charge in [0.1, 0.15) is 17.7 Å². The number of benzene rings is 1. The van der Waals surface area contributed by atoms with Crippen LogP contribution in [-0.4, -0.2) is 28.0 Å². The van der Waals surface area contributed by atoms with Crippen molar-refractivity contribution in [3.8, 4) is 11.4 Å². The second kappa shape index (κ2) is 4.66. The average Bonchev–Trinajstić information content (AvgIpc) is 2.98. The van der Waals surface area contributed by atoms with Crippen molar-refractivity contribution in [3.63, 3.8) is 0 Å². The van der Waals surface area contributed by atoms with Gasteiger partial charge in [-0.15, -0.1) is 0 Å². The Balaban J connectivity index is 1.92. The number of hydrogen-bond donors (Lipinski definition) is 0. The quantitative estimate of drug-likeness (QED) is 0.846. The van der Waals surface area contributed by atoms with Gasteiger partial charge in [0.25, 0.3) is 0 Å². The van der Waals surface area contributed by atoms with Gasteiger partial charge in [-0.2, -0.15) is 4.98 Å². The van der Waals surface area contributed by atoms with Crippen LogP contribution in [0.4, 0.5) is 8.78 Å². The molecule has 1 aliphatic heterocycles. The number of halogens is 2. The normalized spacial score (nSPS) is 18.9. The molecule has 1 amide bonds. The van der Waals surface area contributed by atoms with E-state index in [-0.39, 0.29) is 29.2 Å². The lowest BCUT2D eigenvalue weighted by Gasteiger charge is -2.14. The molecule has 2 aromatic rings. The molecule has 1 unspecified atom stereocenters. The van der Waals surface area contributed by atoms with E-state index in [4.69, 9.17) is 4.52 Å². The molecule has 1 atom stereocenters. The van der Waals surface area contributed by atoms with E-state index in [1.54, 1.807) is 7.05 Å². The molecule has 0 aliphatic carbocycles. The Morgan fingerprint density at radius 3 is 2.85 bits per heavy atom. The third-order valence-corrected chi connectivity index (χ3v) is 3.39. The van der Waals surface area contributed by atoms with Crippen LogP contribution < -0.4 is 0 Å². The zero-order valence-corrected chi connectivity index (χ0v) is 10.6. The molecule has 1 fully saturated rings. The summed E-state index contributed by atoms with van der Waals surface area (Å²) in [5.41, 5.74) is 0.0633. The second-order valence-electron chi connectivity index (χ2n) is 4.64. The van der Waals surface area contributed by atoms with Crippen molar-refractivity contribution < 1.29 is 18.1 Å². The van der Waals surface area contributed by atoms with Crippen LogP contribution in [0.2, 0.25) is 0 Å². The summed E-state index contributed by atoms with van der Waals surface area (Å²) in [6.07, 6.45) is 1.01. The highest BCUT2D eigenvalue weighted by Gasteiger charge is 2.33. The smallest absolute Gasteiger partial charge is 0.249 e. The number of likely N-dealkylation sites (tertiary alicyclic amines) is 1. The van der Waals surface area contributed by atoms with Crippen LogP contribution in [-0.2, 0) is 4.79 Å². The van der Waals surface area contributed by atoms with E-state index in [0.717, 1.165) is 12.1 Å². The summed E-state index contributed by atoms with van der Waals surface area (Å²) < 4.78 is 31.6. The third kappa shape index (κ3) is 2.04. The maximum absolute atomic E-state index is 13.6. The largest absolute Gasteiger partial charge is 0.337 e. The molecule has 7 heteroatoms. The van der Waals surface area contributed by atoms with E-state index >= 15 is 0 Å². The van der Waals surface area contributed by atoms with E-state index in [2.05, 4.69) is 10.1 Å². The molecule has 1 aromatic carbocycles. The molecule has 0 radical (unpaired) electrons. The highest BCUT2D eigenvalue weighted by atomic mass is 19.1. The van der Waals surface area contributed by atoms with Gasteiger partial charge in [-0.1, -0.05) is 5.16 Å². The molecule has 0 spiro atoms. The van der Waals surface area contributed by atoms with Crippen LogP contribution in [0.3, 0.4) is 0 Å². The molecule has 0 N–H and O–H groups in total. The van der Waals surface area contributed by atoms with Gasteiger partial charge in [-0.05, 0) is 18.6 Å². The van der Waals surface area contributed by atoms with E-state index in [1.165, 1.54) is 11.0 Å². The van der Waals surface area contributed by atoms with Crippen LogP contribution >= 0.6 is 0 Å². The molecule has 104 valence electrons. The molecular weight excluding hydrogens is 268 g/mol. The van der Waals surface area contributed by atoms with Gasteiger partial charge >= 0.3 is 0 Å². The summed E-state index contributed by atoms with van der Waals surface area (Å²) in [5.74, 6) is -1.12. The lowest BCUT2D eigenvalue weighted by Crippen LogP contribution is -2.22. The number of carbonyl (C=O) groups excluding carboxylic acids is 1. The summed E-state index contributed by atoms with van der Waals surface area (Å²) in [5, 5.41) is 3.69. The Kier molecular flexibility index (Phi) is 2.96. The summed E-state index contributed by atoms with van der Waals surface area (Å²) in [6, 6.07) is 2.85. The van der Waals surface area contributed by atoms with Crippen molar-refractivity contribution in [1.29, 1.82) is 0 Å². The highest BCUT2D eigenvalue weighted by molar-refractivity contribution is 5.78. The Hall–Kier alpha value is -2.31. The number of aromatic nitrogens is 2. The van der Waals surface area contributed by atoms with Crippen LogP contribution in [0.5, 0.6) is 0 Å². The molecule has 0 bridgehead atoms. The summed E-state index contributed by atoms with van der Waals surface area (Å²) in [4.78, 5) is 17.1. The molecule has 1 saturated heterocycles. The van der Waals surface area contributed by atoms with Crippen molar-refractivity contribution in [2.24, 2.45) is 0 Å². The Labute approximate surface area is 113 Å². The molecule has 1 aliphatic rings. The topological polar surface area (TPSA) is 59.2 Å². The molecular formula is C13H11F2N3O2. The monoisotopic (exact) mass is 279 g/mol. The fraction of sp³-hybridized carbons (Fsp3) is 0.308. The molecule has 2 heterocycles. The van der Waals surface area contributed by atoms with E-state index in [0.29, 0.717) is 12.8 Å². The highest BCUT2D eigenvalue weighted by Crippen LogP contribution is 2.31. The van der Waals surface area contributed by atoms with E-state index < -0.39 is 11.6 Å². The maximum atomic E-state index is 13.6. The number of rotatable bonds is 2. The predicted molar refractivity (Wildman–Crippen MR) is 64.4 cm³/mol. The summed E-state index contributed by atoms with van der Waals surface area (Å²) in [6.45, 7) is 0. The second-order valence-corrected chi connectivity index (χ2v) is 4.64. The zero-order valence-electron chi connectivity index (χ0n) is 10.6. The number of carbonyl (C=O) groups is 1. The first-order valence-corrected chi connectivity index (χ1v) is 6.11. The molecule has 20 heavy (non-hydrogen) atoms. The van der Waals surface area contributed by atoms with Crippen LogP contribution in [0, 0.1) is 11.6 Å². The zero-order chi connectivity index (χ0) is 14.3. The van der Waals surface area contributed by atoms with Crippen LogP contribution in [0.15, 0.2) is 22.7 Å². The van der Waals surface area contributed by atoms with Crippen molar-refractivity contribution in [1.82, 2.24) is 15.0 Å². The van der Waals surface area contributed by atoms with Gasteiger partial charge in [0.05, 0.1) is 5.56 Å². The summed E-state index contributed by atoms with van der Waals surface area (Å²) in [7, 11) is 1.66. The minimum atomic E-state index is -0.756. The SMILES string of the molecule is CN1C(=O)CCC1c1nc(-c2ccc(F)cc2F)no1. The molecule has 3 rings (SSSR count). The number of hydrogen-bond acceptors (Lipinski definition) is 4. The fourth-order valence-corrected chi connectivity index (χ4v) is 2.24. The molecule has 0 saturated carbocycles. The Morgan fingerprint density at radius 1 is 1.40 bits per heavy atom. The minimum Gasteiger partial charge on any atom is -0.337 e. The standard InChI is InChI=1S/C13H11F2N3O2/c1-18-10(4-5-11(18)19)13-16-12(17-20-13)8-3-2-7(14)6-9(8)15/h2-3,6,10H,4-5H2,1H3. The van der Waals surface area contributed by atoms with Crippen molar-refractivity contribution >= 4 is 5.91 Å². The number of nitrogens with zero attached hydrogens (tertiary/aromatic N) is 3. The Morgan fingerprint density at radius 2 is 2.20 bits per heavy atom. The fourth-order valence-electron chi connectivity index (χ4n) is 2.24. The van der Waals surface area contributed by atoms with Crippen molar-refractivity contribution in [2.75, 3.05) is 7.05 Å². The molecule has 1 aromatic heterocycles. The minimum absolute atomic E-state index is 0.00251. The summed E-state index contributed by atoms with van der Waals surface area (Å²) >= 11 is 0. The Bertz CT molecular complexity index is 671. The maximum Gasteiger partial charge on any atom is 0.249 e. The average molecular weight is 279 g/mol. The van der Waals surface area contributed by atoms with Crippen LogP contribution in [0.25, 0.3) is 11.4 Å². The van der Waals surface area contributed by atoms with Gasteiger partial charge in [-0.3, -0.25) is 4.79 Å². The van der Waals surface area contributed by atoms with E-state index in [1.807, 2.05) is 0 Å². The van der Waals surface area contributed by atoms with Crippen molar-refractivity contribution in [3.05, 3.63) is 35.7 Å². The van der Waals surface area contributed by atoms with Gasteiger partial charge in [0, 0.05) is 19.5 Å². The lowest BCUT2D eigenvalue weighted by atomic mass is 10.2. The third-order valence-electron chi connectivity index (χ3n) is 3.39.